The third-order valence-electron chi connectivity index (χ3n) is 3.69. The van der Waals surface area contributed by atoms with Crippen LogP contribution in [0, 0.1) is 5.41 Å². The van der Waals surface area contributed by atoms with Gasteiger partial charge in [0.25, 0.3) is 0 Å². The topological polar surface area (TPSA) is 87.4 Å². The van der Waals surface area contributed by atoms with Gasteiger partial charge in [-0.3, -0.25) is 4.79 Å². The normalized spacial score (nSPS) is 11.3. The van der Waals surface area contributed by atoms with Gasteiger partial charge in [-0.25, -0.2) is 4.98 Å². The van der Waals surface area contributed by atoms with E-state index in [0.717, 1.165) is 5.52 Å². The van der Waals surface area contributed by atoms with Gasteiger partial charge in [0.15, 0.2) is 10.7 Å². The number of phenols is 1. The number of carbonyl (C=O) groups is 1. The number of rotatable bonds is 2. The van der Waals surface area contributed by atoms with E-state index in [9.17, 15) is 9.90 Å². The van der Waals surface area contributed by atoms with Gasteiger partial charge >= 0.3 is 0 Å². The third-order valence-corrected chi connectivity index (χ3v) is 3.89. The number of anilines is 1. The summed E-state index contributed by atoms with van der Waals surface area (Å²) < 4.78 is 5.67. The van der Waals surface area contributed by atoms with E-state index in [0.29, 0.717) is 22.7 Å². The molecule has 0 radical (unpaired) electrons. The second-order valence-electron chi connectivity index (χ2n) is 6.88. The molecule has 1 heterocycles. The number of benzene rings is 2. The maximum Gasteiger partial charge on any atom is 0.231 e. The highest BCUT2D eigenvalue weighted by Gasteiger charge is 2.22. The van der Waals surface area contributed by atoms with Crippen molar-refractivity contribution in [2.75, 3.05) is 5.32 Å². The fourth-order valence-corrected chi connectivity index (χ4v) is 2.44. The number of para-hydroxylation sites is 2. The molecule has 0 aliphatic carbocycles. The van der Waals surface area contributed by atoms with Crippen LogP contribution in [-0.2, 0) is 4.79 Å². The molecule has 26 heavy (non-hydrogen) atoms. The lowest BCUT2D eigenvalue weighted by molar-refractivity contribution is -0.126. The number of carbonyl (C=O) groups excluding carboxylic acids is 1. The number of aromatic nitrogens is 1. The quantitative estimate of drug-likeness (QED) is 0.591. The highest BCUT2D eigenvalue weighted by atomic mass is 32.1. The van der Waals surface area contributed by atoms with E-state index in [-0.39, 0.29) is 16.8 Å². The number of nitrogens with one attached hydrogen (secondary N) is 2. The third kappa shape index (κ3) is 3.83. The Bertz CT molecular complexity index is 956. The zero-order chi connectivity index (χ0) is 18.9. The lowest BCUT2D eigenvalue weighted by atomic mass is 9.96. The molecule has 7 heteroatoms. The van der Waals surface area contributed by atoms with Crippen molar-refractivity contribution < 1.29 is 14.3 Å². The van der Waals surface area contributed by atoms with Gasteiger partial charge in [0.2, 0.25) is 11.8 Å². The number of amides is 1. The zero-order valence-corrected chi connectivity index (χ0v) is 15.5. The highest BCUT2D eigenvalue weighted by Crippen LogP contribution is 2.33. The maximum absolute atomic E-state index is 11.9. The molecule has 0 aliphatic heterocycles. The molecule has 0 saturated heterocycles. The molecule has 3 N–H and O–H groups in total. The van der Waals surface area contributed by atoms with Gasteiger partial charge in [-0.15, -0.1) is 0 Å². The number of aromatic hydroxyl groups is 1. The van der Waals surface area contributed by atoms with Gasteiger partial charge in [0, 0.05) is 17.2 Å². The molecule has 0 fully saturated rings. The summed E-state index contributed by atoms with van der Waals surface area (Å²) in [6.07, 6.45) is 0. The van der Waals surface area contributed by atoms with Crippen LogP contribution in [0.15, 0.2) is 46.9 Å². The second kappa shape index (κ2) is 6.76. The number of oxazole rings is 1. The Morgan fingerprint density at radius 1 is 1.19 bits per heavy atom. The summed E-state index contributed by atoms with van der Waals surface area (Å²) in [7, 11) is 0. The standard InChI is InChI=1S/C19H19N3O3S/c1-19(2,3)17(24)22-18(26)20-11-8-9-12(14(23)10-11)16-21-13-6-4-5-7-15(13)25-16/h4-10,23H,1-3H3,(H2,20,22,24,26). The van der Waals surface area contributed by atoms with Gasteiger partial charge in [-0.05, 0) is 36.5 Å². The summed E-state index contributed by atoms with van der Waals surface area (Å²) in [4.78, 5) is 16.3. The molecule has 0 atom stereocenters. The number of phenolic OH excluding ortho intramolecular Hbond substituents is 1. The van der Waals surface area contributed by atoms with Crippen LogP contribution in [0.1, 0.15) is 20.8 Å². The van der Waals surface area contributed by atoms with E-state index in [1.807, 2.05) is 24.3 Å². The molecule has 0 saturated carbocycles. The van der Waals surface area contributed by atoms with Gasteiger partial charge in [0.1, 0.15) is 11.3 Å². The Morgan fingerprint density at radius 3 is 2.58 bits per heavy atom. The van der Waals surface area contributed by atoms with Crippen molar-refractivity contribution in [3.63, 3.8) is 0 Å². The summed E-state index contributed by atoms with van der Waals surface area (Å²) in [5.41, 5.74) is 1.83. The van der Waals surface area contributed by atoms with E-state index in [2.05, 4.69) is 15.6 Å². The number of hydrogen-bond donors (Lipinski definition) is 3. The largest absolute Gasteiger partial charge is 0.507 e. The van der Waals surface area contributed by atoms with Gasteiger partial charge in [-0.2, -0.15) is 0 Å². The Balaban J connectivity index is 1.77. The van der Waals surface area contributed by atoms with Gasteiger partial charge < -0.3 is 20.2 Å². The summed E-state index contributed by atoms with van der Waals surface area (Å²) >= 11 is 5.14. The maximum atomic E-state index is 11.9. The average Bonchev–Trinajstić information content (AvgIpc) is 2.97. The SMILES string of the molecule is CC(C)(C)C(=O)NC(=S)Nc1ccc(-c2nc3ccccc3o2)c(O)c1. The minimum Gasteiger partial charge on any atom is -0.507 e. The molecule has 1 aromatic heterocycles. The first kappa shape index (κ1) is 17.9. The lowest BCUT2D eigenvalue weighted by Gasteiger charge is -2.18. The van der Waals surface area contributed by atoms with Crippen molar-refractivity contribution in [1.29, 1.82) is 0 Å². The zero-order valence-electron chi connectivity index (χ0n) is 14.7. The number of hydrogen-bond acceptors (Lipinski definition) is 5. The van der Waals surface area contributed by atoms with Crippen molar-refractivity contribution in [3.8, 4) is 17.2 Å². The Morgan fingerprint density at radius 2 is 1.92 bits per heavy atom. The van der Waals surface area contributed by atoms with Crippen LogP contribution < -0.4 is 10.6 Å². The fourth-order valence-electron chi connectivity index (χ4n) is 2.23. The van der Waals surface area contributed by atoms with Gasteiger partial charge in [-0.1, -0.05) is 32.9 Å². The molecule has 0 aliphatic rings. The van der Waals surface area contributed by atoms with Crippen molar-refractivity contribution in [2.45, 2.75) is 20.8 Å². The van der Waals surface area contributed by atoms with Crippen LogP contribution in [-0.4, -0.2) is 21.1 Å². The number of thiocarbonyl (C=S) groups is 1. The number of fused-ring (bicyclic) bond motifs is 1. The van der Waals surface area contributed by atoms with Crippen LogP contribution in [0.4, 0.5) is 5.69 Å². The summed E-state index contributed by atoms with van der Waals surface area (Å²) in [5, 5.41) is 16.0. The van der Waals surface area contributed by atoms with Crippen LogP contribution in [0.3, 0.4) is 0 Å². The average molecular weight is 369 g/mol. The summed E-state index contributed by atoms with van der Waals surface area (Å²) in [5.74, 6) is 0.132. The molecule has 6 nitrogen and oxygen atoms in total. The molecule has 0 bridgehead atoms. The molecule has 3 rings (SSSR count). The Kier molecular flexibility index (Phi) is 4.65. The summed E-state index contributed by atoms with van der Waals surface area (Å²) in [6.45, 7) is 5.39. The van der Waals surface area contributed by atoms with Crippen LogP contribution in [0.5, 0.6) is 5.75 Å². The smallest absolute Gasteiger partial charge is 0.231 e. The molecular formula is C19H19N3O3S. The monoisotopic (exact) mass is 369 g/mol. The fraction of sp³-hybridized carbons (Fsp3) is 0.211. The Labute approximate surface area is 156 Å². The van der Waals surface area contributed by atoms with E-state index in [1.165, 1.54) is 6.07 Å². The van der Waals surface area contributed by atoms with Crippen molar-refractivity contribution in [2.24, 2.45) is 5.41 Å². The van der Waals surface area contributed by atoms with Gasteiger partial charge in [0.05, 0.1) is 5.56 Å². The molecule has 0 unspecified atom stereocenters. The first-order valence-corrected chi connectivity index (χ1v) is 8.46. The van der Waals surface area contributed by atoms with Crippen LogP contribution >= 0.6 is 12.2 Å². The first-order chi connectivity index (χ1) is 12.2. The molecule has 3 aromatic rings. The van der Waals surface area contributed by atoms with E-state index >= 15 is 0 Å². The minimum atomic E-state index is -0.551. The molecule has 0 spiro atoms. The molecule has 1 amide bonds. The molecule has 2 aromatic carbocycles. The minimum absolute atomic E-state index is 0.00787. The Hall–Kier alpha value is -2.93. The van der Waals surface area contributed by atoms with Crippen molar-refractivity contribution in [3.05, 3.63) is 42.5 Å². The summed E-state index contributed by atoms with van der Waals surface area (Å²) in [6, 6.07) is 12.3. The predicted molar refractivity (Wildman–Crippen MR) is 105 cm³/mol. The first-order valence-electron chi connectivity index (χ1n) is 8.05. The van der Waals surface area contributed by atoms with E-state index in [4.69, 9.17) is 16.6 Å². The second-order valence-corrected chi connectivity index (χ2v) is 7.29. The van der Waals surface area contributed by atoms with E-state index in [1.54, 1.807) is 32.9 Å². The van der Waals surface area contributed by atoms with E-state index < -0.39 is 5.41 Å². The molecule has 134 valence electrons. The lowest BCUT2D eigenvalue weighted by Crippen LogP contribution is -2.41. The van der Waals surface area contributed by atoms with Crippen LogP contribution in [0.2, 0.25) is 0 Å². The number of nitrogens with zero attached hydrogens (tertiary/aromatic N) is 1. The predicted octanol–water partition coefficient (Wildman–Crippen LogP) is 4.06. The van der Waals surface area contributed by atoms with Crippen molar-refractivity contribution >= 4 is 40.0 Å². The highest BCUT2D eigenvalue weighted by molar-refractivity contribution is 7.80. The van der Waals surface area contributed by atoms with Crippen molar-refractivity contribution in [1.82, 2.24) is 10.3 Å². The molecular weight excluding hydrogens is 350 g/mol. The van der Waals surface area contributed by atoms with Crippen LogP contribution in [0.25, 0.3) is 22.6 Å².